The minimum Gasteiger partial charge on any atom is -0.276 e. The molecule has 1 fully saturated rings. The lowest BCUT2D eigenvalue weighted by Crippen LogP contribution is -2.36. The van der Waals surface area contributed by atoms with Gasteiger partial charge in [0.1, 0.15) is 11.2 Å². The summed E-state index contributed by atoms with van der Waals surface area (Å²) in [5.74, 6) is -0.121. The number of carbonyl (C=O) groups excluding carboxylic acids is 1. The van der Waals surface area contributed by atoms with Gasteiger partial charge in [0, 0.05) is 5.02 Å². The van der Waals surface area contributed by atoms with Crippen LogP contribution in [0.25, 0.3) is 11.0 Å². The predicted octanol–water partition coefficient (Wildman–Crippen LogP) is 6.18. The second-order valence-electron chi connectivity index (χ2n) is 7.38. The second-order valence-corrected chi connectivity index (χ2v) is 9.04. The molecule has 2 heterocycles. The Morgan fingerprint density at radius 1 is 0.970 bits per heavy atom. The minimum atomic E-state index is -0.961. The summed E-state index contributed by atoms with van der Waals surface area (Å²) in [6.07, 6.45) is 0. The Kier molecular flexibility index (Phi) is 5.66. The summed E-state index contributed by atoms with van der Waals surface area (Å²) in [6.45, 7) is 1.93. The van der Waals surface area contributed by atoms with Gasteiger partial charge < -0.3 is 0 Å². The van der Waals surface area contributed by atoms with Crippen LogP contribution in [0.5, 0.6) is 0 Å². The lowest BCUT2D eigenvalue weighted by atomic mass is 10.2. The highest BCUT2D eigenvalue weighted by Crippen LogP contribution is 2.39. The topological polar surface area (TPSA) is 75.4 Å². The number of hydrogen-bond acceptors (Lipinski definition) is 4. The number of para-hydroxylation sites is 1. The van der Waals surface area contributed by atoms with E-state index in [0.29, 0.717) is 26.8 Å². The molecule has 1 unspecified atom stereocenters. The molecule has 0 saturated carbocycles. The van der Waals surface area contributed by atoms with Crippen molar-refractivity contribution in [3.05, 3.63) is 80.3 Å². The maximum Gasteiger partial charge on any atom is 0.278 e. The molecule has 166 valence electrons. The standard InChI is InChI=1S/C22H14Cl4N6O/c1-11-6-7-13(24)17(8-11)27-21-20(31-18-5-3-2-4-16(18)28-30-31)22(33)32(29-21)19-14(25)9-12(23)10-15(19)26/h2-10,20H,1H3,(H,27,29). The number of nitrogens with zero attached hydrogens (tertiary/aromatic N) is 5. The number of hydrazine groups is 1. The predicted molar refractivity (Wildman–Crippen MR) is 132 cm³/mol. The summed E-state index contributed by atoms with van der Waals surface area (Å²) in [7, 11) is 0. The Balaban J connectivity index is 1.70. The normalized spacial score (nSPS) is 17.2. The Morgan fingerprint density at radius 3 is 2.45 bits per heavy atom. The first-order valence-electron chi connectivity index (χ1n) is 9.73. The van der Waals surface area contributed by atoms with Gasteiger partial charge >= 0.3 is 0 Å². The molecule has 1 N–H and O–H groups in total. The number of aliphatic imine (C=N–C) groups is 1. The van der Waals surface area contributed by atoms with Crippen molar-refractivity contribution in [2.24, 2.45) is 4.99 Å². The van der Waals surface area contributed by atoms with Crippen molar-refractivity contribution in [2.75, 3.05) is 5.01 Å². The quantitative estimate of drug-likeness (QED) is 0.351. The smallest absolute Gasteiger partial charge is 0.276 e. The van der Waals surface area contributed by atoms with Crippen LogP contribution in [0.15, 0.2) is 59.6 Å². The van der Waals surface area contributed by atoms with E-state index in [2.05, 4.69) is 20.7 Å². The van der Waals surface area contributed by atoms with Crippen LogP contribution in [0.4, 0.5) is 11.4 Å². The highest BCUT2D eigenvalue weighted by Gasteiger charge is 2.43. The van der Waals surface area contributed by atoms with E-state index in [0.717, 1.165) is 5.56 Å². The molecule has 3 aromatic carbocycles. The highest BCUT2D eigenvalue weighted by atomic mass is 35.5. The molecule has 33 heavy (non-hydrogen) atoms. The zero-order valence-corrected chi connectivity index (χ0v) is 20.0. The van der Waals surface area contributed by atoms with Gasteiger partial charge in [-0.05, 0) is 48.9 Å². The first kappa shape index (κ1) is 22.0. The maximum atomic E-state index is 13.7. The number of anilines is 1. The van der Waals surface area contributed by atoms with Crippen molar-refractivity contribution in [3.8, 4) is 0 Å². The van der Waals surface area contributed by atoms with E-state index in [1.165, 1.54) is 21.8 Å². The molecule has 7 nitrogen and oxygen atoms in total. The first-order chi connectivity index (χ1) is 15.8. The van der Waals surface area contributed by atoms with E-state index in [9.17, 15) is 4.79 Å². The van der Waals surface area contributed by atoms with Gasteiger partial charge in [-0.3, -0.25) is 10.2 Å². The molecule has 0 bridgehead atoms. The molecular formula is C22H14Cl4N6O. The van der Waals surface area contributed by atoms with Gasteiger partial charge in [-0.25, -0.2) is 14.7 Å². The average Bonchev–Trinajstić information content (AvgIpc) is 3.31. The van der Waals surface area contributed by atoms with Crippen molar-refractivity contribution >= 4 is 80.6 Å². The fraction of sp³-hybridized carbons (Fsp3) is 0.0909. The van der Waals surface area contributed by atoms with Crippen LogP contribution in [0.2, 0.25) is 20.1 Å². The van der Waals surface area contributed by atoms with E-state index in [4.69, 9.17) is 46.4 Å². The van der Waals surface area contributed by atoms with Gasteiger partial charge in [-0.1, -0.05) is 69.8 Å². The Labute approximate surface area is 208 Å². The molecule has 1 aliphatic rings. The Bertz CT molecular complexity index is 1430. The van der Waals surface area contributed by atoms with E-state index >= 15 is 0 Å². The van der Waals surface area contributed by atoms with Crippen LogP contribution < -0.4 is 10.4 Å². The van der Waals surface area contributed by atoms with Crippen molar-refractivity contribution in [2.45, 2.75) is 13.0 Å². The Hall–Kier alpha value is -2.84. The van der Waals surface area contributed by atoms with Gasteiger partial charge in [0.25, 0.3) is 5.91 Å². The summed E-state index contributed by atoms with van der Waals surface area (Å²) in [5, 5.41) is 10.8. The number of amides is 1. The molecule has 0 spiro atoms. The third-order valence-corrected chi connectivity index (χ3v) is 6.22. The molecule has 1 saturated heterocycles. The molecule has 5 rings (SSSR count). The van der Waals surface area contributed by atoms with E-state index in [1.807, 2.05) is 43.3 Å². The van der Waals surface area contributed by atoms with Gasteiger partial charge in [-0.2, -0.15) is 0 Å². The first-order valence-corrected chi connectivity index (χ1v) is 11.2. The molecule has 0 aliphatic carbocycles. The van der Waals surface area contributed by atoms with Crippen LogP contribution in [-0.4, -0.2) is 26.7 Å². The number of fused-ring (bicyclic) bond motifs is 1. The summed E-state index contributed by atoms with van der Waals surface area (Å²) < 4.78 is 1.50. The minimum absolute atomic E-state index is 0.199. The third-order valence-electron chi connectivity index (χ3n) is 5.11. The van der Waals surface area contributed by atoms with Crippen molar-refractivity contribution in [3.63, 3.8) is 0 Å². The highest BCUT2D eigenvalue weighted by molar-refractivity contribution is 6.43. The number of aromatic nitrogens is 3. The van der Waals surface area contributed by atoms with Crippen molar-refractivity contribution in [1.82, 2.24) is 20.4 Å². The third kappa shape index (κ3) is 3.91. The molecule has 1 atom stereocenters. The van der Waals surface area contributed by atoms with Gasteiger partial charge in [0.05, 0.1) is 26.3 Å². The van der Waals surface area contributed by atoms with Gasteiger partial charge in [0.15, 0.2) is 11.9 Å². The molecule has 1 aliphatic heterocycles. The summed E-state index contributed by atoms with van der Waals surface area (Å²) in [4.78, 5) is 18.4. The van der Waals surface area contributed by atoms with Gasteiger partial charge in [-0.15, -0.1) is 5.10 Å². The number of amidine groups is 1. The fourth-order valence-corrected chi connectivity index (χ4v) is 4.75. The van der Waals surface area contributed by atoms with Crippen LogP contribution >= 0.6 is 46.4 Å². The zero-order chi connectivity index (χ0) is 23.3. The van der Waals surface area contributed by atoms with Crippen LogP contribution in [0.3, 0.4) is 0 Å². The molecule has 0 radical (unpaired) electrons. The summed E-state index contributed by atoms with van der Waals surface area (Å²) >= 11 is 25.2. The maximum absolute atomic E-state index is 13.7. The number of nitrogens with one attached hydrogen (secondary N) is 1. The van der Waals surface area contributed by atoms with Gasteiger partial charge in [0.2, 0.25) is 0 Å². The molecule has 11 heteroatoms. The SMILES string of the molecule is Cc1ccc(Cl)c(N=C2NN(c3c(Cl)cc(Cl)cc3Cl)C(=O)C2n2nnc3ccccc32)c1. The fourth-order valence-electron chi connectivity index (χ4n) is 3.61. The lowest BCUT2D eigenvalue weighted by Gasteiger charge is -2.19. The van der Waals surface area contributed by atoms with Crippen molar-refractivity contribution < 1.29 is 4.79 Å². The summed E-state index contributed by atoms with van der Waals surface area (Å²) in [6, 6.07) is 14.8. The number of benzene rings is 3. The number of halogens is 4. The average molecular weight is 520 g/mol. The zero-order valence-electron chi connectivity index (χ0n) is 16.9. The molecule has 4 aromatic rings. The van der Waals surface area contributed by atoms with Crippen LogP contribution in [0.1, 0.15) is 11.6 Å². The summed E-state index contributed by atoms with van der Waals surface area (Å²) in [5.41, 5.74) is 6.05. The van der Waals surface area contributed by atoms with Crippen molar-refractivity contribution in [1.29, 1.82) is 0 Å². The number of hydrogen-bond donors (Lipinski definition) is 1. The number of carbonyl (C=O) groups is 1. The number of rotatable bonds is 3. The number of aryl methyl sites for hydroxylation is 1. The van der Waals surface area contributed by atoms with Crippen LogP contribution in [0, 0.1) is 6.92 Å². The molecular weight excluding hydrogens is 506 g/mol. The largest absolute Gasteiger partial charge is 0.278 e. The Morgan fingerprint density at radius 2 is 1.70 bits per heavy atom. The molecule has 1 amide bonds. The van der Waals surface area contributed by atoms with E-state index in [1.54, 1.807) is 6.07 Å². The monoisotopic (exact) mass is 518 g/mol. The lowest BCUT2D eigenvalue weighted by molar-refractivity contribution is -0.119. The van der Waals surface area contributed by atoms with E-state index in [-0.39, 0.29) is 21.6 Å². The second kappa shape index (κ2) is 8.50. The van der Waals surface area contributed by atoms with Crippen LogP contribution in [-0.2, 0) is 4.79 Å². The van der Waals surface area contributed by atoms with E-state index < -0.39 is 11.9 Å². The molecule has 1 aromatic heterocycles.